The monoisotopic (exact) mass is 257 g/mol. The summed E-state index contributed by atoms with van der Waals surface area (Å²) in [6.45, 7) is 0.739. The molecule has 0 spiro atoms. The smallest absolute Gasteiger partial charge is 0.261 e. The van der Waals surface area contributed by atoms with Crippen LogP contribution in [0.2, 0.25) is 0 Å². The molecule has 1 amide bonds. The van der Waals surface area contributed by atoms with E-state index in [4.69, 9.17) is 9.15 Å². The van der Waals surface area contributed by atoms with Crippen molar-refractivity contribution in [3.8, 4) is 5.75 Å². The van der Waals surface area contributed by atoms with Crippen molar-refractivity contribution in [2.24, 2.45) is 0 Å². The molecule has 0 unspecified atom stereocenters. The molecule has 1 aromatic carbocycles. The van der Waals surface area contributed by atoms with Crippen LogP contribution in [0.15, 0.2) is 41.2 Å². The maximum Gasteiger partial charge on any atom is 0.261 e. The average Bonchev–Trinajstić information content (AvgIpc) is 2.99. The lowest BCUT2D eigenvalue weighted by atomic mass is 10.0. The molecule has 98 valence electrons. The van der Waals surface area contributed by atoms with Crippen molar-refractivity contribution in [2.75, 3.05) is 18.6 Å². The predicted octanol–water partition coefficient (Wildman–Crippen LogP) is 2.88. The number of methoxy groups -OCH3 is 1. The Hall–Kier alpha value is -2.23. The highest BCUT2D eigenvalue weighted by molar-refractivity contribution is 6.06. The summed E-state index contributed by atoms with van der Waals surface area (Å²) in [5, 5.41) is 0. The summed E-state index contributed by atoms with van der Waals surface area (Å²) in [4.78, 5) is 14.2. The number of anilines is 1. The van der Waals surface area contributed by atoms with E-state index >= 15 is 0 Å². The van der Waals surface area contributed by atoms with Crippen LogP contribution in [-0.4, -0.2) is 19.6 Å². The van der Waals surface area contributed by atoms with Crippen LogP contribution in [0.4, 0.5) is 5.69 Å². The Labute approximate surface area is 111 Å². The highest BCUT2D eigenvalue weighted by Crippen LogP contribution is 2.31. The van der Waals surface area contributed by atoms with E-state index in [9.17, 15) is 4.79 Å². The number of furan rings is 1. The number of nitrogens with zero attached hydrogens (tertiary/aromatic N) is 1. The summed E-state index contributed by atoms with van der Waals surface area (Å²) in [5.74, 6) is 0.816. The molecule has 1 aliphatic rings. The topological polar surface area (TPSA) is 42.7 Å². The highest BCUT2D eigenvalue weighted by Gasteiger charge is 2.24. The second kappa shape index (κ2) is 4.80. The van der Waals surface area contributed by atoms with E-state index < -0.39 is 0 Å². The van der Waals surface area contributed by atoms with Gasteiger partial charge >= 0.3 is 0 Å². The molecule has 0 N–H and O–H groups in total. The third-order valence-corrected chi connectivity index (χ3v) is 3.42. The standard InChI is InChI=1S/C15H15NO3/c1-18-13-4-5-14-11(9-13)3-2-7-16(14)15(17)12-6-8-19-10-12/h4-6,8-10H,2-3,7H2,1H3. The fourth-order valence-electron chi connectivity index (χ4n) is 2.45. The molecular formula is C15H15NO3. The minimum absolute atomic E-state index is 0.0140. The zero-order valence-corrected chi connectivity index (χ0v) is 10.8. The van der Waals surface area contributed by atoms with Gasteiger partial charge in [0.25, 0.3) is 5.91 Å². The van der Waals surface area contributed by atoms with E-state index in [0.29, 0.717) is 5.56 Å². The number of rotatable bonds is 2. The van der Waals surface area contributed by atoms with Crippen molar-refractivity contribution >= 4 is 11.6 Å². The van der Waals surface area contributed by atoms with Crippen molar-refractivity contribution in [1.82, 2.24) is 0 Å². The summed E-state index contributed by atoms with van der Waals surface area (Å²) in [6.07, 6.45) is 4.94. The number of carbonyl (C=O) groups excluding carboxylic acids is 1. The molecule has 0 saturated carbocycles. The van der Waals surface area contributed by atoms with Gasteiger partial charge in [0.1, 0.15) is 12.0 Å². The Morgan fingerprint density at radius 3 is 3.00 bits per heavy atom. The van der Waals surface area contributed by atoms with Crippen molar-refractivity contribution in [2.45, 2.75) is 12.8 Å². The Morgan fingerprint density at radius 1 is 1.37 bits per heavy atom. The van der Waals surface area contributed by atoms with Crippen LogP contribution < -0.4 is 9.64 Å². The number of amides is 1. The molecular weight excluding hydrogens is 242 g/mol. The number of fused-ring (bicyclic) bond motifs is 1. The molecule has 0 aliphatic carbocycles. The average molecular weight is 257 g/mol. The normalized spacial score (nSPS) is 14.1. The van der Waals surface area contributed by atoms with Gasteiger partial charge in [-0.3, -0.25) is 4.79 Å². The van der Waals surface area contributed by atoms with Crippen LogP contribution in [0.1, 0.15) is 22.3 Å². The first-order valence-corrected chi connectivity index (χ1v) is 6.30. The quantitative estimate of drug-likeness (QED) is 0.830. The number of aryl methyl sites for hydroxylation is 1. The predicted molar refractivity (Wildman–Crippen MR) is 71.7 cm³/mol. The molecule has 1 aliphatic heterocycles. The third kappa shape index (κ3) is 2.10. The van der Waals surface area contributed by atoms with E-state index in [1.165, 1.54) is 12.5 Å². The molecule has 0 fully saturated rings. The lowest BCUT2D eigenvalue weighted by molar-refractivity contribution is 0.0984. The van der Waals surface area contributed by atoms with E-state index in [-0.39, 0.29) is 5.91 Å². The van der Waals surface area contributed by atoms with Gasteiger partial charge in [-0.15, -0.1) is 0 Å². The largest absolute Gasteiger partial charge is 0.497 e. The molecule has 4 nitrogen and oxygen atoms in total. The lowest BCUT2D eigenvalue weighted by Gasteiger charge is -2.29. The summed E-state index contributed by atoms with van der Waals surface area (Å²) < 4.78 is 10.2. The van der Waals surface area contributed by atoms with Crippen molar-refractivity contribution in [3.63, 3.8) is 0 Å². The fraction of sp³-hybridized carbons (Fsp3) is 0.267. The number of ether oxygens (including phenoxy) is 1. The van der Waals surface area contributed by atoms with Crippen LogP contribution in [0.25, 0.3) is 0 Å². The van der Waals surface area contributed by atoms with Crippen molar-refractivity contribution in [1.29, 1.82) is 0 Å². The minimum Gasteiger partial charge on any atom is -0.497 e. The maximum absolute atomic E-state index is 12.4. The van der Waals surface area contributed by atoms with Gasteiger partial charge in [-0.05, 0) is 42.7 Å². The van der Waals surface area contributed by atoms with Gasteiger partial charge in [-0.2, -0.15) is 0 Å². The van der Waals surface area contributed by atoms with E-state index in [2.05, 4.69) is 0 Å². The van der Waals surface area contributed by atoms with E-state index in [1.807, 2.05) is 23.1 Å². The molecule has 3 rings (SSSR count). The molecule has 0 atom stereocenters. The van der Waals surface area contributed by atoms with E-state index in [0.717, 1.165) is 36.4 Å². The summed E-state index contributed by atoms with van der Waals surface area (Å²) in [7, 11) is 1.65. The molecule has 4 heteroatoms. The number of carbonyl (C=O) groups is 1. The van der Waals surface area contributed by atoms with Crippen LogP contribution >= 0.6 is 0 Å². The molecule has 2 aromatic rings. The van der Waals surface area contributed by atoms with Gasteiger partial charge in [-0.1, -0.05) is 0 Å². The summed E-state index contributed by atoms with van der Waals surface area (Å²) in [5.41, 5.74) is 2.71. The number of hydrogen-bond acceptors (Lipinski definition) is 3. The van der Waals surface area contributed by atoms with Crippen LogP contribution in [0, 0.1) is 0 Å². The molecule has 0 saturated heterocycles. The number of hydrogen-bond donors (Lipinski definition) is 0. The Bertz CT molecular complexity index is 589. The van der Waals surface area contributed by atoms with Gasteiger partial charge in [-0.25, -0.2) is 0 Å². The van der Waals surface area contributed by atoms with Gasteiger partial charge in [0.2, 0.25) is 0 Å². The van der Waals surface area contributed by atoms with Gasteiger partial charge in [0, 0.05) is 12.2 Å². The maximum atomic E-state index is 12.4. The molecule has 2 heterocycles. The highest BCUT2D eigenvalue weighted by atomic mass is 16.5. The first-order valence-electron chi connectivity index (χ1n) is 6.30. The molecule has 19 heavy (non-hydrogen) atoms. The zero-order chi connectivity index (χ0) is 13.2. The first-order chi connectivity index (χ1) is 9.29. The Morgan fingerprint density at radius 2 is 2.26 bits per heavy atom. The SMILES string of the molecule is COc1ccc2c(c1)CCCN2C(=O)c1ccoc1. The fourth-order valence-corrected chi connectivity index (χ4v) is 2.45. The minimum atomic E-state index is -0.0140. The van der Waals surface area contributed by atoms with Crippen LogP contribution in [0.5, 0.6) is 5.75 Å². The van der Waals surface area contributed by atoms with E-state index in [1.54, 1.807) is 13.2 Å². The third-order valence-electron chi connectivity index (χ3n) is 3.42. The zero-order valence-electron chi connectivity index (χ0n) is 10.8. The second-order valence-electron chi connectivity index (χ2n) is 4.57. The molecule has 1 aromatic heterocycles. The van der Waals surface area contributed by atoms with Gasteiger partial charge in [0.15, 0.2) is 0 Å². The summed E-state index contributed by atoms with van der Waals surface area (Å²) in [6, 6.07) is 7.54. The summed E-state index contributed by atoms with van der Waals surface area (Å²) >= 11 is 0. The van der Waals surface area contributed by atoms with Crippen molar-refractivity contribution < 1.29 is 13.9 Å². The Balaban J connectivity index is 1.96. The van der Waals surface area contributed by atoms with Crippen LogP contribution in [-0.2, 0) is 6.42 Å². The van der Waals surface area contributed by atoms with Crippen LogP contribution in [0.3, 0.4) is 0 Å². The second-order valence-corrected chi connectivity index (χ2v) is 4.57. The van der Waals surface area contributed by atoms with Crippen molar-refractivity contribution in [3.05, 3.63) is 47.9 Å². The number of benzene rings is 1. The molecule has 0 bridgehead atoms. The van der Waals surface area contributed by atoms with Gasteiger partial charge in [0.05, 0.1) is 18.9 Å². The first kappa shape index (κ1) is 11.8. The lowest BCUT2D eigenvalue weighted by Crippen LogP contribution is -2.35. The Kier molecular flexibility index (Phi) is 2.99. The van der Waals surface area contributed by atoms with Gasteiger partial charge < -0.3 is 14.1 Å². The molecule has 0 radical (unpaired) electrons.